The maximum atomic E-state index is 11.7. The zero-order valence-corrected chi connectivity index (χ0v) is 9.92. The fourth-order valence-electron chi connectivity index (χ4n) is 2.13. The lowest BCUT2D eigenvalue weighted by Gasteiger charge is -2.03. The van der Waals surface area contributed by atoms with Gasteiger partial charge in [0.05, 0.1) is 6.42 Å². The first-order chi connectivity index (χ1) is 8.20. The molecule has 3 rings (SSSR count). The van der Waals surface area contributed by atoms with Gasteiger partial charge in [0.25, 0.3) is 0 Å². The van der Waals surface area contributed by atoms with Crippen molar-refractivity contribution in [2.45, 2.75) is 32.2 Å². The summed E-state index contributed by atoms with van der Waals surface area (Å²) in [6.07, 6.45) is 2.76. The standard InChI is InChI=1S/C14H16N2O/c1-9-6-11-7-10(2-5-13(11)15-9)8-14(17)16-12-3-4-12/h2,5-7,12,15H,3-4,8H2,1H3,(H,16,17). The second kappa shape index (κ2) is 3.91. The molecule has 2 N–H and O–H groups in total. The number of rotatable bonds is 3. The number of aromatic nitrogens is 1. The number of fused-ring (bicyclic) bond motifs is 1. The van der Waals surface area contributed by atoms with Crippen molar-refractivity contribution in [2.75, 3.05) is 0 Å². The van der Waals surface area contributed by atoms with Crippen LogP contribution >= 0.6 is 0 Å². The number of benzene rings is 1. The van der Waals surface area contributed by atoms with Crippen molar-refractivity contribution in [1.29, 1.82) is 0 Å². The minimum absolute atomic E-state index is 0.138. The van der Waals surface area contributed by atoms with Crippen LogP contribution in [0.2, 0.25) is 0 Å². The Morgan fingerprint density at radius 3 is 3.00 bits per heavy atom. The van der Waals surface area contributed by atoms with Crippen LogP contribution < -0.4 is 5.32 Å². The van der Waals surface area contributed by atoms with Gasteiger partial charge in [-0.15, -0.1) is 0 Å². The third kappa shape index (κ3) is 2.33. The van der Waals surface area contributed by atoms with Gasteiger partial charge in [0, 0.05) is 17.3 Å². The van der Waals surface area contributed by atoms with Crippen LogP contribution in [-0.4, -0.2) is 16.9 Å². The van der Waals surface area contributed by atoms with Crippen molar-refractivity contribution in [3.63, 3.8) is 0 Å². The summed E-state index contributed by atoms with van der Waals surface area (Å²) in [6.45, 7) is 2.04. The second-order valence-corrected chi connectivity index (χ2v) is 4.89. The fourth-order valence-corrected chi connectivity index (χ4v) is 2.13. The van der Waals surface area contributed by atoms with E-state index in [-0.39, 0.29) is 5.91 Å². The molecule has 0 bridgehead atoms. The van der Waals surface area contributed by atoms with E-state index >= 15 is 0 Å². The predicted octanol–water partition coefficient (Wildman–Crippen LogP) is 2.30. The summed E-state index contributed by atoms with van der Waals surface area (Å²) >= 11 is 0. The summed E-state index contributed by atoms with van der Waals surface area (Å²) < 4.78 is 0. The van der Waals surface area contributed by atoms with Crippen molar-refractivity contribution < 1.29 is 4.79 Å². The van der Waals surface area contributed by atoms with Crippen LogP contribution in [0.25, 0.3) is 10.9 Å². The van der Waals surface area contributed by atoms with Crippen LogP contribution in [-0.2, 0) is 11.2 Å². The number of hydrogen-bond donors (Lipinski definition) is 2. The first-order valence-corrected chi connectivity index (χ1v) is 6.08. The highest BCUT2D eigenvalue weighted by molar-refractivity contribution is 5.84. The fraction of sp³-hybridized carbons (Fsp3) is 0.357. The first-order valence-electron chi connectivity index (χ1n) is 6.08. The minimum Gasteiger partial charge on any atom is -0.359 e. The largest absolute Gasteiger partial charge is 0.359 e. The number of carbonyl (C=O) groups is 1. The van der Waals surface area contributed by atoms with E-state index in [1.807, 2.05) is 19.1 Å². The normalized spacial score (nSPS) is 15.1. The van der Waals surface area contributed by atoms with Gasteiger partial charge in [0.1, 0.15) is 0 Å². The summed E-state index contributed by atoms with van der Waals surface area (Å²) in [7, 11) is 0. The molecule has 1 amide bonds. The number of amides is 1. The van der Waals surface area contributed by atoms with Gasteiger partial charge in [0.2, 0.25) is 5.91 Å². The van der Waals surface area contributed by atoms with Crippen LogP contribution in [0, 0.1) is 6.92 Å². The van der Waals surface area contributed by atoms with Crippen molar-refractivity contribution in [3.8, 4) is 0 Å². The molecule has 3 nitrogen and oxygen atoms in total. The molecular weight excluding hydrogens is 212 g/mol. The first kappa shape index (κ1) is 10.4. The Balaban J connectivity index is 1.77. The van der Waals surface area contributed by atoms with Crippen LogP contribution in [0.4, 0.5) is 0 Å². The summed E-state index contributed by atoms with van der Waals surface area (Å²) in [5.41, 5.74) is 3.36. The monoisotopic (exact) mass is 228 g/mol. The Kier molecular flexibility index (Phi) is 2.39. The predicted molar refractivity (Wildman–Crippen MR) is 67.9 cm³/mol. The van der Waals surface area contributed by atoms with Gasteiger partial charge < -0.3 is 10.3 Å². The molecule has 1 aromatic carbocycles. The third-order valence-corrected chi connectivity index (χ3v) is 3.13. The molecule has 3 heteroatoms. The van der Waals surface area contributed by atoms with Crippen LogP contribution in [0.15, 0.2) is 24.3 Å². The molecule has 0 saturated heterocycles. The average molecular weight is 228 g/mol. The molecule has 0 atom stereocenters. The van der Waals surface area contributed by atoms with Crippen LogP contribution in [0.3, 0.4) is 0 Å². The number of aryl methyl sites for hydroxylation is 1. The highest BCUT2D eigenvalue weighted by Gasteiger charge is 2.23. The molecule has 1 saturated carbocycles. The van der Waals surface area contributed by atoms with E-state index in [1.54, 1.807) is 0 Å². The molecule has 1 aliphatic carbocycles. The summed E-state index contributed by atoms with van der Waals surface area (Å²) in [5, 5.41) is 4.19. The SMILES string of the molecule is Cc1cc2cc(CC(=O)NC3CC3)ccc2[nH]1. The van der Waals surface area contributed by atoms with Crippen LogP contribution in [0.1, 0.15) is 24.1 Å². The average Bonchev–Trinajstić information content (AvgIpc) is 2.98. The molecule has 17 heavy (non-hydrogen) atoms. The molecule has 1 heterocycles. The van der Waals surface area contributed by atoms with E-state index in [2.05, 4.69) is 22.4 Å². The van der Waals surface area contributed by atoms with Crippen molar-refractivity contribution in [3.05, 3.63) is 35.5 Å². The Labute approximate surface area is 100 Å². The van der Waals surface area contributed by atoms with Gasteiger partial charge in [-0.25, -0.2) is 0 Å². The van der Waals surface area contributed by atoms with Gasteiger partial charge in [-0.05, 0) is 48.9 Å². The molecular formula is C14H16N2O. The van der Waals surface area contributed by atoms with Crippen molar-refractivity contribution >= 4 is 16.8 Å². The highest BCUT2D eigenvalue weighted by Crippen LogP contribution is 2.20. The van der Waals surface area contributed by atoms with E-state index in [9.17, 15) is 4.79 Å². The number of carbonyl (C=O) groups excluding carboxylic acids is 1. The zero-order valence-electron chi connectivity index (χ0n) is 9.92. The number of aromatic amines is 1. The van der Waals surface area contributed by atoms with Gasteiger partial charge in [-0.3, -0.25) is 4.79 Å². The molecule has 1 aromatic heterocycles. The summed E-state index contributed by atoms with van der Waals surface area (Å²) in [4.78, 5) is 15.0. The lowest BCUT2D eigenvalue weighted by atomic mass is 10.1. The molecule has 0 aliphatic heterocycles. The quantitative estimate of drug-likeness (QED) is 0.831. The van der Waals surface area contributed by atoms with E-state index in [0.29, 0.717) is 12.5 Å². The third-order valence-electron chi connectivity index (χ3n) is 3.13. The number of nitrogens with one attached hydrogen (secondary N) is 2. The van der Waals surface area contributed by atoms with E-state index in [0.717, 1.165) is 29.6 Å². The summed E-state index contributed by atoms with van der Waals surface area (Å²) in [5.74, 6) is 0.138. The van der Waals surface area contributed by atoms with Gasteiger partial charge in [-0.1, -0.05) is 6.07 Å². The highest BCUT2D eigenvalue weighted by atomic mass is 16.1. The second-order valence-electron chi connectivity index (χ2n) is 4.89. The maximum Gasteiger partial charge on any atom is 0.224 e. The molecule has 0 unspecified atom stereocenters. The van der Waals surface area contributed by atoms with Crippen molar-refractivity contribution in [1.82, 2.24) is 10.3 Å². The molecule has 88 valence electrons. The lowest BCUT2D eigenvalue weighted by molar-refractivity contribution is -0.120. The molecule has 1 aliphatic rings. The molecule has 1 fully saturated rings. The number of H-pyrrole nitrogens is 1. The Morgan fingerprint density at radius 2 is 2.24 bits per heavy atom. The topological polar surface area (TPSA) is 44.9 Å². The maximum absolute atomic E-state index is 11.7. The Morgan fingerprint density at radius 1 is 1.41 bits per heavy atom. The van der Waals surface area contributed by atoms with E-state index in [1.165, 1.54) is 5.39 Å². The lowest BCUT2D eigenvalue weighted by Crippen LogP contribution is -2.26. The van der Waals surface area contributed by atoms with Gasteiger partial charge in [0.15, 0.2) is 0 Å². The zero-order chi connectivity index (χ0) is 11.8. The molecule has 0 spiro atoms. The van der Waals surface area contributed by atoms with Gasteiger partial charge in [-0.2, -0.15) is 0 Å². The molecule has 0 radical (unpaired) electrons. The minimum atomic E-state index is 0.138. The van der Waals surface area contributed by atoms with Crippen LogP contribution in [0.5, 0.6) is 0 Å². The van der Waals surface area contributed by atoms with E-state index in [4.69, 9.17) is 0 Å². The number of hydrogen-bond acceptors (Lipinski definition) is 1. The summed E-state index contributed by atoms with van der Waals surface area (Å²) in [6, 6.07) is 8.70. The van der Waals surface area contributed by atoms with Crippen molar-refractivity contribution in [2.24, 2.45) is 0 Å². The van der Waals surface area contributed by atoms with Gasteiger partial charge >= 0.3 is 0 Å². The Bertz CT molecular complexity index is 567. The Hall–Kier alpha value is -1.77. The smallest absolute Gasteiger partial charge is 0.224 e. The van der Waals surface area contributed by atoms with E-state index < -0.39 is 0 Å². The molecule has 2 aromatic rings.